The van der Waals surface area contributed by atoms with Crippen LogP contribution in [0.1, 0.15) is 0 Å². The van der Waals surface area contributed by atoms with Gasteiger partial charge in [0.05, 0.1) is 11.5 Å². The average molecular weight is 138 g/mol. The number of rotatable bonds is 0. The highest BCUT2D eigenvalue weighted by Gasteiger charge is 2.29. The number of thiol groups is 1. The third kappa shape index (κ3) is 1.10. The van der Waals surface area contributed by atoms with Crippen molar-refractivity contribution in [1.82, 2.24) is 0 Å². The largest absolute Gasteiger partial charge is 0.229 e. The number of hydrogen-bond acceptors (Lipinski definition) is 3. The van der Waals surface area contributed by atoms with Crippen LogP contribution in [0.25, 0.3) is 0 Å². The Labute approximate surface area is 48.2 Å². The molecule has 1 aliphatic rings. The van der Waals surface area contributed by atoms with E-state index in [0.29, 0.717) is 0 Å². The fraction of sp³-hybridized carbons (Fsp3) is 1.00. The molecule has 1 saturated heterocycles. The summed E-state index contributed by atoms with van der Waals surface area (Å²) >= 11 is 3.92. The molecule has 0 amide bonds. The zero-order valence-electron chi connectivity index (χ0n) is 3.66. The van der Waals surface area contributed by atoms with E-state index in [1.54, 1.807) is 0 Å². The van der Waals surface area contributed by atoms with Crippen molar-refractivity contribution < 1.29 is 8.42 Å². The summed E-state index contributed by atoms with van der Waals surface area (Å²) in [6.07, 6.45) is 0. The molecule has 0 aromatic carbocycles. The SMILES string of the molecule is O=S1(=O)CC(S)C1. The minimum Gasteiger partial charge on any atom is -0.229 e. The summed E-state index contributed by atoms with van der Waals surface area (Å²) in [6, 6.07) is 0. The molecule has 0 aromatic heterocycles. The molecule has 0 spiro atoms. The van der Waals surface area contributed by atoms with Gasteiger partial charge >= 0.3 is 0 Å². The van der Waals surface area contributed by atoms with Crippen LogP contribution in [0.3, 0.4) is 0 Å². The third-order valence-electron chi connectivity index (χ3n) is 0.893. The van der Waals surface area contributed by atoms with Crippen LogP contribution in [0.5, 0.6) is 0 Å². The first-order valence-corrected chi connectivity index (χ1v) is 4.32. The van der Waals surface area contributed by atoms with Crippen LogP contribution >= 0.6 is 12.6 Å². The summed E-state index contributed by atoms with van der Waals surface area (Å²) in [7, 11) is -2.61. The molecule has 0 aromatic rings. The van der Waals surface area contributed by atoms with E-state index in [1.807, 2.05) is 0 Å². The van der Waals surface area contributed by atoms with Crippen molar-refractivity contribution in [2.75, 3.05) is 11.5 Å². The topological polar surface area (TPSA) is 34.1 Å². The van der Waals surface area contributed by atoms with Crippen LogP contribution < -0.4 is 0 Å². The lowest BCUT2D eigenvalue weighted by atomic mass is 10.5. The molecule has 1 fully saturated rings. The van der Waals surface area contributed by atoms with E-state index in [4.69, 9.17) is 0 Å². The standard InChI is InChI=1S/C3H6O2S2/c4-7(5)1-3(6)2-7/h3,6H,1-2H2. The Morgan fingerprint density at radius 3 is 1.86 bits per heavy atom. The third-order valence-corrected chi connectivity index (χ3v) is 3.57. The lowest BCUT2D eigenvalue weighted by Crippen LogP contribution is -2.36. The maximum atomic E-state index is 10.2. The van der Waals surface area contributed by atoms with E-state index >= 15 is 0 Å². The predicted molar refractivity (Wildman–Crippen MR) is 31.4 cm³/mol. The lowest BCUT2D eigenvalue weighted by molar-refractivity contribution is 0.582. The molecule has 0 unspecified atom stereocenters. The molecule has 0 atom stereocenters. The van der Waals surface area contributed by atoms with Crippen molar-refractivity contribution in [3.8, 4) is 0 Å². The van der Waals surface area contributed by atoms with Gasteiger partial charge in [0.1, 0.15) is 0 Å². The Morgan fingerprint density at radius 1 is 1.43 bits per heavy atom. The van der Waals surface area contributed by atoms with Crippen LogP contribution in [0.4, 0.5) is 0 Å². The summed E-state index contributed by atoms with van der Waals surface area (Å²) in [5.41, 5.74) is 0. The van der Waals surface area contributed by atoms with Gasteiger partial charge in [-0.15, -0.1) is 0 Å². The highest BCUT2D eigenvalue weighted by Crippen LogP contribution is 2.14. The minimum absolute atomic E-state index is 0.116. The molecule has 0 saturated carbocycles. The van der Waals surface area contributed by atoms with Crippen LogP contribution in [-0.2, 0) is 9.84 Å². The van der Waals surface area contributed by atoms with E-state index in [0.717, 1.165) is 0 Å². The van der Waals surface area contributed by atoms with Gasteiger partial charge in [0.25, 0.3) is 0 Å². The molecule has 7 heavy (non-hydrogen) atoms. The summed E-state index contributed by atoms with van der Waals surface area (Å²) in [5, 5.41) is 0.116. The van der Waals surface area contributed by atoms with Gasteiger partial charge in [0.2, 0.25) is 0 Å². The van der Waals surface area contributed by atoms with Gasteiger partial charge in [-0.3, -0.25) is 0 Å². The zero-order valence-corrected chi connectivity index (χ0v) is 5.37. The van der Waals surface area contributed by atoms with E-state index in [1.165, 1.54) is 0 Å². The second-order valence-electron chi connectivity index (χ2n) is 1.73. The van der Waals surface area contributed by atoms with Crippen LogP contribution in [-0.4, -0.2) is 25.2 Å². The Balaban J connectivity index is 2.61. The van der Waals surface area contributed by atoms with E-state index in [-0.39, 0.29) is 16.8 Å². The van der Waals surface area contributed by atoms with Gasteiger partial charge in [-0.2, -0.15) is 12.6 Å². The fourth-order valence-corrected chi connectivity index (χ4v) is 2.98. The Bertz CT molecular complexity index is 146. The number of sulfone groups is 1. The van der Waals surface area contributed by atoms with Crippen LogP contribution in [0, 0.1) is 0 Å². The molecule has 4 heteroatoms. The Kier molecular flexibility index (Phi) is 1.08. The van der Waals surface area contributed by atoms with Gasteiger partial charge in [-0.1, -0.05) is 0 Å². The van der Waals surface area contributed by atoms with Gasteiger partial charge in [0, 0.05) is 5.25 Å². The molecular weight excluding hydrogens is 132 g/mol. The summed E-state index contributed by atoms with van der Waals surface area (Å²) < 4.78 is 20.5. The number of hydrogen-bond donors (Lipinski definition) is 1. The molecule has 0 radical (unpaired) electrons. The Morgan fingerprint density at radius 2 is 1.86 bits per heavy atom. The highest BCUT2D eigenvalue weighted by molar-refractivity contribution is 7.96. The fourth-order valence-electron chi connectivity index (χ4n) is 0.537. The monoisotopic (exact) mass is 138 g/mol. The van der Waals surface area contributed by atoms with E-state index in [2.05, 4.69) is 12.6 Å². The average Bonchev–Trinajstić information content (AvgIpc) is 1.27. The van der Waals surface area contributed by atoms with Gasteiger partial charge in [-0.25, -0.2) is 8.42 Å². The van der Waals surface area contributed by atoms with Crippen molar-refractivity contribution in [3.63, 3.8) is 0 Å². The van der Waals surface area contributed by atoms with Crippen molar-refractivity contribution in [2.45, 2.75) is 5.25 Å². The summed E-state index contributed by atoms with van der Waals surface area (Å²) in [6.45, 7) is 0. The minimum atomic E-state index is -2.61. The first-order chi connectivity index (χ1) is 3.10. The molecule has 1 heterocycles. The second-order valence-corrected chi connectivity index (χ2v) is 4.61. The van der Waals surface area contributed by atoms with Crippen molar-refractivity contribution in [1.29, 1.82) is 0 Å². The molecule has 2 nitrogen and oxygen atoms in total. The summed E-state index contributed by atoms with van der Waals surface area (Å²) in [5.74, 6) is 0.548. The predicted octanol–water partition coefficient (Wildman–Crippen LogP) is -0.287. The molecule has 0 bridgehead atoms. The maximum Gasteiger partial charge on any atom is 0.152 e. The maximum absolute atomic E-state index is 10.2. The quantitative estimate of drug-likeness (QED) is 0.467. The van der Waals surface area contributed by atoms with Gasteiger partial charge in [0.15, 0.2) is 9.84 Å². The molecule has 0 N–H and O–H groups in total. The lowest BCUT2D eigenvalue weighted by Gasteiger charge is -2.19. The smallest absolute Gasteiger partial charge is 0.152 e. The van der Waals surface area contributed by atoms with E-state index < -0.39 is 9.84 Å². The first-order valence-electron chi connectivity index (χ1n) is 1.99. The molecule has 42 valence electrons. The van der Waals surface area contributed by atoms with Crippen molar-refractivity contribution in [2.24, 2.45) is 0 Å². The second kappa shape index (κ2) is 1.39. The molecule has 0 aliphatic carbocycles. The Hall–Kier alpha value is 0.300. The molecular formula is C3H6O2S2. The molecule has 1 aliphatic heterocycles. The molecule has 1 rings (SSSR count). The highest BCUT2D eigenvalue weighted by atomic mass is 32.2. The van der Waals surface area contributed by atoms with E-state index in [9.17, 15) is 8.42 Å². The summed E-state index contributed by atoms with van der Waals surface area (Å²) in [4.78, 5) is 0. The van der Waals surface area contributed by atoms with Gasteiger partial charge < -0.3 is 0 Å². The first kappa shape index (κ1) is 5.44. The normalized spacial score (nSPS) is 29.3. The van der Waals surface area contributed by atoms with Crippen LogP contribution in [0.2, 0.25) is 0 Å². The van der Waals surface area contributed by atoms with Crippen molar-refractivity contribution >= 4 is 22.5 Å². The van der Waals surface area contributed by atoms with Crippen LogP contribution in [0.15, 0.2) is 0 Å². The van der Waals surface area contributed by atoms with Gasteiger partial charge in [-0.05, 0) is 0 Å². The zero-order chi connectivity index (χ0) is 5.49. The van der Waals surface area contributed by atoms with Crippen molar-refractivity contribution in [3.05, 3.63) is 0 Å².